The fraction of sp³-hybridized carbons (Fsp3) is 0.462. The molecule has 0 heterocycles. The number of aryl methyl sites for hydroxylation is 1. The Kier molecular flexibility index (Phi) is 5.73. The second kappa shape index (κ2) is 6.04. The summed E-state index contributed by atoms with van der Waals surface area (Å²) in [5.41, 5.74) is 6.77. The van der Waals surface area contributed by atoms with Gasteiger partial charge in [-0.15, -0.1) is 0 Å². The molecule has 0 aliphatic carbocycles. The maximum absolute atomic E-state index is 11.3. The van der Waals surface area contributed by atoms with Crippen LogP contribution in [0.2, 0.25) is 0 Å². The predicted molar refractivity (Wildman–Crippen MR) is 72.4 cm³/mol. The van der Waals surface area contributed by atoms with Crippen LogP contribution in [0, 0.1) is 6.92 Å². The van der Waals surface area contributed by atoms with Crippen LogP contribution in [0.15, 0.2) is 22.7 Å². The number of halogens is 1. The molecule has 3 heteroatoms. The molecule has 0 bridgehead atoms. The summed E-state index contributed by atoms with van der Waals surface area (Å²) in [6.07, 6.45) is 0. The molecule has 0 saturated carbocycles. The van der Waals surface area contributed by atoms with Crippen LogP contribution < -0.4 is 5.73 Å². The lowest BCUT2D eigenvalue weighted by molar-refractivity contribution is -0.122. The van der Waals surface area contributed by atoms with E-state index in [9.17, 15) is 4.79 Å². The Morgan fingerprint density at radius 2 is 1.81 bits per heavy atom. The van der Waals surface area contributed by atoms with Crippen LogP contribution in [-0.4, -0.2) is 5.91 Å². The summed E-state index contributed by atoms with van der Waals surface area (Å²) < 4.78 is 0.962. The quantitative estimate of drug-likeness (QED) is 0.887. The number of nitrogens with two attached hydrogens (primary N) is 1. The SMILES string of the molecule is CC.Cc1cccc(C(C)(C)C(N)=O)c1Br. The molecule has 16 heavy (non-hydrogen) atoms. The Labute approximate surface area is 106 Å². The number of benzene rings is 1. The van der Waals surface area contributed by atoms with Gasteiger partial charge in [0.25, 0.3) is 0 Å². The van der Waals surface area contributed by atoms with Gasteiger partial charge in [0.1, 0.15) is 0 Å². The second-order valence-corrected chi connectivity index (χ2v) is 4.72. The molecular weight excluding hydrogens is 266 g/mol. The molecule has 1 rings (SSSR count). The molecule has 0 aliphatic heterocycles. The minimum Gasteiger partial charge on any atom is -0.369 e. The Morgan fingerprint density at radius 1 is 1.31 bits per heavy atom. The first-order valence-electron chi connectivity index (χ1n) is 5.43. The first-order chi connectivity index (χ1) is 7.37. The zero-order chi connectivity index (χ0) is 12.9. The fourth-order valence-electron chi connectivity index (χ4n) is 1.26. The lowest BCUT2D eigenvalue weighted by atomic mass is 9.83. The summed E-state index contributed by atoms with van der Waals surface area (Å²) in [4.78, 5) is 11.3. The van der Waals surface area contributed by atoms with Gasteiger partial charge in [-0.25, -0.2) is 0 Å². The molecule has 0 spiro atoms. The smallest absolute Gasteiger partial charge is 0.227 e. The van der Waals surface area contributed by atoms with Gasteiger partial charge in [-0.05, 0) is 31.9 Å². The zero-order valence-electron chi connectivity index (χ0n) is 10.6. The van der Waals surface area contributed by atoms with E-state index in [4.69, 9.17) is 5.73 Å². The van der Waals surface area contributed by atoms with Crippen molar-refractivity contribution in [2.75, 3.05) is 0 Å². The highest BCUT2D eigenvalue weighted by Crippen LogP contribution is 2.31. The molecule has 90 valence electrons. The van der Waals surface area contributed by atoms with Gasteiger partial charge in [-0.2, -0.15) is 0 Å². The topological polar surface area (TPSA) is 43.1 Å². The minimum atomic E-state index is -0.634. The Morgan fingerprint density at radius 3 is 2.25 bits per heavy atom. The third kappa shape index (κ3) is 3.08. The molecule has 0 aromatic heterocycles. The van der Waals surface area contributed by atoms with Crippen molar-refractivity contribution in [2.45, 2.75) is 40.0 Å². The van der Waals surface area contributed by atoms with E-state index in [1.54, 1.807) is 0 Å². The van der Waals surface area contributed by atoms with Crippen LogP contribution in [0.4, 0.5) is 0 Å². The van der Waals surface area contributed by atoms with Crippen molar-refractivity contribution >= 4 is 21.8 Å². The van der Waals surface area contributed by atoms with Crippen LogP contribution in [0.3, 0.4) is 0 Å². The summed E-state index contributed by atoms with van der Waals surface area (Å²) >= 11 is 3.48. The van der Waals surface area contributed by atoms with Crippen molar-refractivity contribution in [1.82, 2.24) is 0 Å². The average Bonchev–Trinajstić information content (AvgIpc) is 2.24. The van der Waals surface area contributed by atoms with E-state index in [0.29, 0.717) is 0 Å². The summed E-state index contributed by atoms with van der Waals surface area (Å²) in [6, 6.07) is 5.84. The van der Waals surface area contributed by atoms with Crippen molar-refractivity contribution in [2.24, 2.45) is 5.73 Å². The number of carbonyl (C=O) groups excluding carboxylic acids is 1. The normalized spacial score (nSPS) is 10.4. The van der Waals surface area contributed by atoms with E-state index in [0.717, 1.165) is 15.6 Å². The lowest BCUT2D eigenvalue weighted by Gasteiger charge is -2.23. The lowest BCUT2D eigenvalue weighted by Crippen LogP contribution is -2.35. The van der Waals surface area contributed by atoms with Crippen LogP contribution in [0.1, 0.15) is 38.8 Å². The van der Waals surface area contributed by atoms with Crippen molar-refractivity contribution < 1.29 is 4.79 Å². The molecule has 0 saturated heterocycles. The molecular formula is C13H20BrNO. The number of amides is 1. The molecule has 1 amide bonds. The number of rotatable bonds is 2. The number of carbonyl (C=O) groups is 1. The monoisotopic (exact) mass is 285 g/mol. The Balaban J connectivity index is 0.00000106. The minimum absolute atomic E-state index is 0.316. The van der Waals surface area contributed by atoms with Gasteiger partial charge < -0.3 is 5.73 Å². The highest BCUT2D eigenvalue weighted by molar-refractivity contribution is 9.10. The van der Waals surface area contributed by atoms with Gasteiger partial charge in [0.2, 0.25) is 5.91 Å². The van der Waals surface area contributed by atoms with Gasteiger partial charge in [-0.1, -0.05) is 48.0 Å². The maximum atomic E-state index is 11.3. The van der Waals surface area contributed by atoms with Crippen molar-refractivity contribution in [3.63, 3.8) is 0 Å². The van der Waals surface area contributed by atoms with Gasteiger partial charge >= 0.3 is 0 Å². The average molecular weight is 286 g/mol. The van der Waals surface area contributed by atoms with Crippen LogP contribution in [-0.2, 0) is 10.2 Å². The van der Waals surface area contributed by atoms with E-state index < -0.39 is 5.41 Å². The molecule has 1 aromatic rings. The molecule has 0 radical (unpaired) electrons. The molecule has 0 fully saturated rings. The largest absolute Gasteiger partial charge is 0.369 e. The zero-order valence-corrected chi connectivity index (χ0v) is 12.2. The standard InChI is InChI=1S/C11H14BrNO.C2H6/c1-7-5-4-6-8(9(7)12)11(2,3)10(13)14;1-2/h4-6H,1-3H3,(H2,13,14);1-2H3. The molecule has 1 aromatic carbocycles. The second-order valence-electron chi connectivity index (χ2n) is 3.93. The number of hydrogen-bond acceptors (Lipinski definition) is 1. The van der Waals surface area contributed by atoms with Crippen molar-refractivity contribution in [1.29, 1.82) is 0 Å². The first-order valence-corrected chi connectivity index (χ1v) is 6.22. The molecule has 0 aliphatic rings. The number of hydrogen-bond donors (Lipinski definition) is 1. The van der Waals surface area contributed by atoms with E-state index >= 15 is 0 Å². The van der Waals surface area contributed by atoms with Crippen LogP contribution in [0.25, 0.3) is 0 Å². The van der Waals surface area contributed by atoms with Crippen LogP contribution in [0.5, 0.6) is 0 Å². The van der Waals surface area contributed by atoms with Gasteiger partial charge in [0.05, 0.1) is 5.41 Å². The van der Waals surface area contributed by atoms with E-state index in [-0.39, 0.29) is 5.91 Å². The van der Waals surface area contributed by atoms with E-state index in [1.807, 2.05) is 52.8 Å². The van der Waals surface area contributed by atoms with Gasteiger partial charge in [-0.3, -0.25) is 4.79 Å². The molecule has 0 atom stereocenters. The van der Waals surface area contributed by atoms with Gasteiger partial charge in [0, 0.05) is 4.47 Å². The summed E-state index contributed by atoms with van der Waals surface area (Å²) in [5.74, 6) is -0.316. The number of primary amides is 1. The highest BCUT2D eigenvalue weighted by Gasteiger charge is 2.29. The molecule has 2 nitrogen and oxygen atoms in total. The summed E-state index contributed by atoms with van der Waals surface area (Å²) in [5, 5.41) is 0. The first kappa shape index (κ1) is 15.2. The molecule has 0 unspecified atom stereocenters. The third-order valence-corrected chi connectivity index (χ3v) is 3.53. The predicted octanol–water partition coefficient (Wildman–Crippen LogP) is 3.55. The Hall–Kier alpha value is -0.830. The van der Waals surface area contributed by atoms with Crippen molar-refractivity contribution in [3.05, 3.63) is 33.8 Å². The highest BCUT2D eigenvalue weighted by atomic mass is 79.9. The fourth-order valence-corrected chi connectivity index (χ4v) is 2.02. The van der Waals surface area contributed by atoms with Crippen molar-refractivity contribution in [3.8, 4) is 0 Å². The van der Waals surface area contributed by atoms with E-state index in [1.165, 1.54) is 0 Å². The third-order valence-electron chi connectivity index (χ3n) is 2.48. The summed E-state index contributed by atoms with van der Waals surface area (Å²) in [7, 11) is 0. The van der Waals surface area contributed by atoms with E-state index in [2.05, 4.69) is 15.9 Å². The van der Waals surface area contributed by atoms with Crippen LogP contribution >= 0.6 is 15.9 Å². The Bertz CT molecular complexity index is 372. The summed E-state index contributed by atoms with van der Waals surface area (Å²) in [6.45, 7) is 9.65. The molecule has 2 N–H and O–H groups in total. The van der Waals surface area contributed by atoms with Gasteiger partial charge in [0.15, 0.2) is 0 Å². The maximum Gasteiger partial charge on any atom is 0.227 e.